The van der Waals surface area contributed by atoms with Crippen LogP contribution < -0.4 is 10.6 Å². The highest BCUT2D eigenvalue weighted by Gasteiger charge is 2.40. The van der Waals surface area contributed by atoms with Gasteiger partial charge in [0, 0.05) is 28.4 Å². The SMILES string of the molecule is Cc1ccc(N2C(N)=C(C#N)[C@@H](c3ccc(Cl)cc3)C3=C2CCCC3=O)cc1. The molecule has 140 valence electrons. The van der Waals surface area contributed by atoms with E-state index in [-0.39, 0.29) is 5.78 Å². The van der Waals surface area contributed by atoms with Gasteiger partial charge in [0.1, 0.15) is 5.82 Å². The maximum atomic E-state index is 13.0. The average molecular weight is 390 g/mol. The minimum absolute atomic E-state index is 0.0820. The van der Waals surface area contributed by atoms with Gasteiger partial charge < -0.3 is 5.73 Å². The topological polar surface area (TPSA) is 70.1 Å². The summed E-state index contributed by atoms with van der Waals surface area (Å²) in [5.41, 5.74) is 11.4. The second-order valence-electron chi connectivity index (χ2n) is 7.20. The Morgan fingerprint density at radius 1 is 1.11 bits per heavy atom. The molecule has 28 heavy (non-hydrogen) atoms. The van der Waals surface area contributed by atoms with Crippen molar-refractivity contribution in [2.24, 2.45) is 5.73 Å². The number of allylic oxidation sites excluding steroid dienone is 3. The number of aryl methyl sites for hydroxylation is 1. The van der Waals surface area contributed by atoms with Gasteiger partial charge in [-0.1, -0.05) is 41.4 Å². The number of rotatable bonds is 2. The van der Waals surface area contributed by atoms with E-state index in [2.05, 4.69) is 6.07 Å². The summed E-state index contributed by atoms with van der Waals surface area (Å²) in [4.78, 5) is 14.9. The van der Waals surface area contributed by atoms with Gasteiger partial charge in [-0.15, -0.1) is 0 Å². The second-order valence-corrected chi connectivity index (χ2v) is 7.64. The van der Waals surface area contributed by atoms with Gasteiger partial charge in [0.25, 0.3) is 0 Å². The van der Waals surface area contributed by atoms with Gasteiger partial charge in [-0.05, 0) is 49.6 Å². The molecule has 0 saturated heterocycles. The summed E-state index contributed by atoms with van der Waals surface area (Å²) < 4.78 is 0. The Hall–Kier alpha value is -3.03. The molecule has 5 heteroatoms. The lowest BCUT2D eigenvalue weighted by molar-refractivity contribution is -0.116. The van der Waals surface area contributed by atoms with Crippen molar-refractivity contribution in [3.8, 4) is 6.07 Å². The normalized spacial score (nSPS) is 19.5. The Labute approximate surface area is 169 Å². The van der Waals surface area contributed by atoms with E-state index in [4.69, 9.17) is 17.3 Å². The third kappa shape index (κ3) is 2.98. The zero-order valence-corrected chi connectivity index (χ0v) is 16.3. The number of nitrogens with two attached hydrogens (primary N) is 1. The maximum absolute atomic E-state index is 13.0. The molecular formula is C23H20ClN3O. The molecule has 2 N–H and O–H groups in total. The second kappa shape index (κ2) is 7.18. The summed E-state index contributed by atoms with van der Waals surface area (Å²) in [5.74, 6) is 0.0186. The number of nitrogens with zero attached hydrogens (tertiary/aromatic N) is 2. The number of halogens is 1. The summed E-state index contributed by atoms with van der Waals surface area (Å²) in [5, 5.41) is 10.6. The van der Waals surface area contributed by atoms with Crippen LogP contribution in [0.5, 0.6) is 0 Å². The van der Waals surface area contributed by atoms with E-state index in [0.717, 1.165) is 35.4 Å². The number of Topliss-reactive ketones (excluding diaryl/α,β-unsaturated/α-hetero) is 1. The highest BCUT2D eigenvalue weighted by molar-refractivity contribution is 6.30. The first kappa shape index (κ1) is 18.3. The van der Waals surface area contributed by atoms with Crippen molar-refractivity contribution in [3.63, 3.8) is 0 Å². The molecule has 0 aromatic heterocycles. The van der Waals surface area contributed by atoms with Gasteiger partial charge in [-0.25, -0.2) is 0 Å². The molecule has 2 aromatic carbocycles. The summed E-state index contributed by atoms with van der Waals surface area (Å²) >= 11 is 6.04. The van der Waals surface area contributed by atoms with Crippen LogP contribution in [0.1, 0.15) is 36.3 Å². The average Bonchev–Trinajstić information content (AvgIpc) is 2.69. The van der Waals surface area contributed by atoms with E-state index in [1.807, 2.05) is 48.2 Å². The molecule has 4 rings (SSSR count). The number of hydrogen-bond donors (Lipinski definition) is 1. The number of ketones is 1. The van der Waals surface area contributed by atoms with E-state index in [9.17, 15) is 10.1 Å². The Bertz CT molecular complexity index is 1040. The van der Waals surface area contributed by atoms with Crippen molar-refractivity contribution in [2.75, 3.05) is 4.90 Å². The third-order valence-electron chi connectivity index (χ3n) is 5.41. The summed E-state index contributed by atoms with van der Waals surface area (Å²) in [6.45, 7) is 2.02. The van der Waals surface area contributed by atoms with E-state index in [1.165, 1.54) is 0 Å². The van der Waals surface area contributed by atoms with Crippen LogP contribution in [0.3, 0.4) is 0 Å². The molecule has 1 aliphatic heterocycles. The lowest BCUT2D eigenvalue weighted by Crippen LogP contribution is -2.38. The Morgan fingerprint density at radius 2 is 1.79 bits per heavy atom. The largest absolute Gasteiger partial charge is 0.384 e. The van der Waals surface area contributed by atoms with E-state index in [0.29, 0.717) is 28.4 Å². The molecule has 0 amide bonds. The molecule has 0 unspecified atom stereocenters. The van der Waals surface area contributed by atoms with E-state index < -0.39 is 5.92 Å². The van der Waals surface area contributed by atoms with Gasteiger partial charge in [0.05, 0.1) is 17.6 Å². The standard InChI is InChI=1S/C23H20ClN3O/c1-14-5-11-17(12-6-14)27-19-3-2-4-20(28)22(19)21(18(13-25)23(27)26)15-7-9-16(24)10-8-15/h5-12,21H,2-4,26H2,1H3/t21-/m1/s1. The highest BCUT2D eigenvalue weighted by atomic mass is 35.5. The maximum Gasteiger partial charge on any atom is 0.161 e. The predicted octanol–water partition coefficient (Wildman–Crippen LogP) is 4.95. The lowest BCUT2D eigenvalue weighted by Gasteiger charge is -2.39. The lowest BCUT2D eigenvalue weighted by atomic mass is 9.75. The zero-order chi connectivity index (χ0) is 19.8. The number of benzene rings is 2. The van der Waals surface area contributed by atoms with E-state index in [1.54, 1.807) is 12.1 Å². The molecular weight excluding hydrogens is 370 g/mol. The molecule has 4 nitrogen and oxygen atoms in total. The smallest absolute Gasteiger partial charge is 0.161 e. The number of anilines is 1. The molecule has 2 aromatic rings. The zero-order valence-electron chi connectivity index (χ0n) is 15.6. The van der Waals surface area contributed by atoms with Crippen molar-refractivity contribution in [3.05, 3.63) is 87.3 Å². The monoisotopic (exact) mass is 389 g/mol. The van der Waals surface area contributed by atoms with Crippen LogP contribution in [-0.4, -0.2) is 5.78 Å². The van der Waals surface area contributed by atoms with Gasteiger partial charge in [0.15, 0.2) is 5.78 Å². The number of hydrogen-bond acceptors (Lipinski definition) is 4. The third-order valence-corrected chi connectivity index (χ3v) is 5.66. The molecule has 1 aliphatic carbocycles. The van der Waals surface area contributed by atoms with Gasteiger partial charge in [-0.3, -0.25) is 9.69 Å². The van der Waals surface area contributed by atoms with E-state index >= 15 is 0 Å². The number of carbonyl (C=O) groups is 1. The van der Waals surface area contributed by atoms with Crippen LogP contribution in [0, 0.1) is 18.3 Å². The highest BCUT2D eigenvalue weighted by Crippen LogP contribution is 2.46. The fourth-order valence-corrected chi connectivity index (χ4v) is 4.19. The van der Waals surface area contributed by atoms with Crippen molar-refractivity contribution in [1.29, 1.82) is 5.26 Å². The minimum Gasteiger partial charge on any atom is -0.384 e. The van der Waals surface area contributed by atoms with Crippen LogP contribution in [0.25, 0.3) is 0 Å². The Morgan fingerprint density at radius 3 is 2.43 bits per heavy atom. The fraction of sp³-hybridized carbons (Fsp3) is 0.217. The predicted molar refractivity (Wildman–Crippen MR) is 111 cm³/mol. The molecule has 0 bridgehead atoms. The fourth-order valence-electron chi connectivity index (χ4n) is 4.06. The van der Waals surface area contributed by atoms with Crippen LogP contribution in [0.15, 0.2) is 71.2 Å². The number of carbonyl (C=O) groups excluding carboxylic acids is 1. The van der Waals surface area contributed by atoms with Gasteiger partial charge in [0.2, 0.25) is 0 Å². The Balaban J connectivity index is 1.95. The van der Waals surface area contributed by atoms with Crippen LogP contribution in [0.4, 0.5) is 5.69 Å². The van der Waals surface area contributed by atoms with Crippen molar-refractivity contribution in [1.82, 2.24) is 0 Å². The Kier molecular flexibility index (Phi) is 4.70. The quantitative estimate of drug-likeness (QED) is 0.788. The summed E-state index contributed by atoms with van der Waals surface area (Å²) in [6, 6.07) is 17.5. The molecule has 0 spiro atoms. The van der Waals surface area contributed by atoms with Crippen molar-refractivity contribution in [2.45, 2.75) is 32.1 Å². The summed E-state index contributed by atoms with van der Waals surface area (Å²) in [6.07, 6.45) is 2.02. The summed E-state index contributed by atoms with van der Waals surface area (Å²) in [7, 11) is 0. The van der Waals surface area contributed by atoms with Crippen LogP contribution >= 0.6 is 11.6 Å². The van der Waals surface area contributed by atoms with Gasteiger partial charge >= 0.3 is 0 Å². The molecule has 2 aliphatic rings. The first-order chi connectivity index (χ1) is 13.5. The first-order valence-corrected chi connectivity index (χ1v) is 9.67. The first-order valence-electron chi connectivity index (χ1n) is 9.29. The van der Waals surface area contributed by atoms with Gasteiger partial charge in [-0.2, -0.15) is 5.26 Å². The van der Waals surface area contributed by atoms with Crippen molar-refractivity contribution >= 4 is 23.1 Å². The van der Waals surface area contributed by atoms with Crippen LogP contribution in [-0.2, 0) is 4.79 Å². The molecule has 0 radical (unpaired) electrons. The molecule has 0 fully saturated rings. The minimum atomic E-state index is -0.452. The molecule has 0 saturated carbocycles. The number of nitriles is 1. The van der Waals surface area contributed by atoms with Crippen molar-refractivity contribution < 1.29 is 4.79 Å². The van der Waals surface area contributed by atoms with Crippen LogP contribution in [0.2, 0.25) is 5.02 Å². The molecule has 1 heterocycles. The molecule has 1 atom stereocenters.